The molecule has 35 heavy (non-hydrogen) atoms. The molecule has 0 aliphatic carbocycles. The van der Waals surface area contributed by atoms with Crippen molar-refractivity contribution in [1.82, 2.24) is 16.2 Å². The zero-order chi connectivity index (χ0) is 24.8. The summed E-state index contributed by atoms with van der Waals surface area (Å²) >= 11 is 5.02. The number of para-hydroxylation sites is 1. The number of rotatable bonds is 6. The van der Waals surface area contributed by atoms with Crippen molar-refractivity contribution in [1.29, 1.82) is 0 Å². The van der Waals surface area contributed by atoms with Gasteiger partial charge in [0.25, 0.3) is 17.5 Å². The Morgan fingerprint density at radius 1 is 0.943 bits per heavy atom. The maximum atomic E-state index is 12.4. The molecule has 1 heterocycles. The van der Waals surface area contributed by atoms with Gasteiger partial charge < -0.3 is 9.15 Å². The van der Waals surface area contributed by atoms with Gasteiger partial charge in [-0.05, 0) is 41.9 Å². The third-order valence-corrected chi connectivity index (χ3v) is 5.05. The first-order valence-electron chi connectivity index (χ1n) is 10.3. The predicted octanol–water partition coefficient (Wildman–Crippen LogP) is 3.72. The van der Waals surface area contributed by atoms with Crippen LogP contribution in [-0.2, 0) is 4.79 Å². The van der Waals surface area contributed by atoms with Crippen molar-refractivity contribution in [2.45, 2.75) is 0 Å². The average Bonchev–Trinajstić information content (AvgIpc) is 3.36. The molecule has 0 unspecified atom stereocenters. The normalized spacial score (nSPS) is 10.4. The fraction of sp³-hybridized carbons (Fsp3) is 0.0417. The Kier molecular flexibility index (Phi) is 6.98. The molecule has 0 bridgehead atoms. The molecule has 1 aromatic heterocycles. The summed E-state index contributed by atoms with van der Waals surface area (Å²) in [6, 6.07) is 22.0. The van der Waals surface area contributed by atoms with Crippen LogP contribution in [0.5, 0.6) is 5.75 Å². The van der Waals surface area contributed by atoms with Crippen LogP contribution in [0.3, 0.4) is 0 Å². The van der Waals surface area contributed by atoms with Gasteiger partial charge in [-0.15, -0.1) is 0 Å². The topological polar surface area (TPSA) is 136 Å². The van der Waals surface area contributed by atoms with Crippen molar-refractivity contribution in [2.24, 2.45) is 0 Å². The van der Waals surface area contributed by atoms with Crippen molar-refractivity contribution in [2.75, 3.05) is 6.61 Å². The smallest absolute Gasteiger partial charge is 0.293 e. The molecular formula is C24H18N4O6S. The summed E-state index contributed by atoms with van der Waals surface area (Å²) in [5.74, 6) is -0.630. The lowest BCUT2D eigenvalue weighted by atomic mass is 10.1. The largest absolute Gasteiger partial charge is 0.483 e. The molecule has 0 spiro atoms. The van der Waals surface area contributed by atoms with E-state index in [2.05, 4.69) is 16.2 Å². The lowest BCUT2D eigenvalue weighted by molar-refractivity contribution is -0.384. The zero-order valence-electron chi connectivity index (χ0n) is 18.0. The first-order chi connectivity index (χ1) is 16.9. The van der Waals surface area contributed by atoms with Gasteiger partial charge in [-0.3, -0.25) is 35.9 Å². The summed E-state index contributed by atoms with van der Waals surface area (Å²) in [5, 5.41) is 15.2. The van der Waals surface area contributed by atoms with Gasteiger partial charge >= 0.3 is 0 Å². The van der Waals surface area contributed by atoms with Crippen LogP contribution in [0.2, 0.25) is 0 Å². The number of nitrogens with one attached hydrogen (secondary N) is 3. The van der Waals surface area contributed by atoms with Crippen LogP contribution >= 0.6 is 12.2 Å². The summed E-state index contributed by atoms with van der Waals surface area (Å²) in [4.78, 5) is 35.2. The van der Waals surface area contributed by atoms with E-state index in [4.69, 9.17) is 21.4 Å². The summed E-state index contributed by atoms with van der Waals surface area (Å²) in [5.41, 5.74) is 4.82. The molecule has 0 aliphatic heterocycles. The Bertz CT molecular complexity index is 1430. The van der Waals surface area contributed by atoms with Crippen molar-refractivity contribution < 1.29 is 23.7 Å². The molecule has 176 valence electrons. The Labute approximate surface area is 204 Å². The fourth-order valence-corrected chi connectivity index (χ4v) is 3.41. The quantitative estimate of drug-likeness (QED) is 0.211. The number of nitro benzene ring substituents is 1. The zero-order valence-corrected chi connectivity index (χ0v) is 18.8. The molecule has 4 aromatic rings. The maximum Gasteiger partial charge on any atom is 0.293 e. The van der Waals surface area contributed by atoms with Gasteiger partial charge in [0, 0.05) is 11.5 Å². The average molecular weight is 490 g/mol. The molecule has 3 N–H and O–H groups in total. The number of ether oxygens (including phenoxy) is 1. The van der Waals surface area contributed by atoms with Crippen LogP contribution in [-0.4, -0.2) is 28.5 Å². The van der Waals surface area contributed by atoms with Gasteiger partial charge in [0.15, 0.2) is 17.5 Å². The lowest BCUT2D eigenvalue weighted by Gasteiger charge is -2.12. The first-order valence-corrected chi connectivity index (χ1v) is 10.7. The number of hydrazine groups is 1. The number of hydrogen-bond acceptors (Lipinski definition) is 7. The summed E-state index contributed by atoms with van der Waals surface area (Å²) < 4.78 is 11.0. The van der Waals surface area contributed by atoms with Crippen LogP contribution in [0.4, 0.5) is 5.69 Å². The standard InChI is InChI=1S/C24H18N4O6S/c29-22(14-33-19-11-5-7-15-6-1-2-8-16(15)19)26-27-24(35)25-23(30)21-13-12-20(34-21)17-9-3-4-10-18(17)28(31)32/h1-13H,14H2,(H,26,29)(H2,25,27,30,35). The summed E-state index contributed by atoms with van der Waals surface area (Å²) in [6.45, 7) is -0.283. The van der Waals surface area contributed by atoms with E-state index in [9.17, 15) is 19.7 Å². The molecule has 0 atom stereocenters. The van der Waals surface area contributed by atoms with Crippen molar-refractivity contribution >= 4 is 45.6 Å². The van der Waals surface area contributed by atoms with Gasteiger partial charge in [0.2, 0.25) is 0 Å². The van der Waals surface area contributed by atoms with Crippen molar-refractivity contribution in [3.8, 4) is 17.1 Å². The SMILES string of the molecule is O=C(COc1cccc2ccccc12)NNC(=S)NC(=O)c1ccc(-c2ccccc2[N+](=O)[O-])o1. The number of amides is 2. The van der Waals surface area contributed by atoms with Crippen LogP contribution in [0.25, 0.3) is 22.1 Å². The van der Waals surface area contributed by atoms with E-state index in [1.54, 1.807) is 12.1 Å². The fourth-order valence-electron chi connectivity index (χ4n) is 3.27. The molecule has 0 saturated heterocycles. The van der Waals surface area contributed by atoms with Gasteiger partial charge in [-0.25, -0.2) is 0 Å². The Hall–Kier alpha value is -4.77. The maximum absolute atomic E-state index is 12.4. The number of nitro groups is 1. The molecule has 2 amide bonds. The first kappa shape index (κ1) is 23.4. The predicted molar refractivity (Wildman–Crippen MR) is 132 cm³/mol. The summed E-state index contributed by atoms with van der Waals surface area (Å²) in [7, 11) is 0. The minimum absolute atomic E-state index is 0.118. The molecule has 0 aliphatic rings. The van der Waals surface area contributed by atoms with Crippen molar-refractivity contribution in [3.05, 3.63) is 94.7 Å². The molecule has 10 nitrogen and oxygen atoms in total. The van der Waals surface area contributed by atoms with E-state index in [0.29, 0.717) is 5.75 Å². The van der Waals surface area contributed by atoms with Crippen LogP contribution in [0.1, 0.15) is 10.6 Å². The highest BCUT2D eigenvalue weighted by molar-refractivity contribution is 7.80. The number of carbonyl (C=O) groups is 2. The highest BCUT2D eigenvalue weighted by Crippen LogP contribution is 2.30. The molecule has 4 rings (SSSR count). The molecule has 0 radical (unpaired) electrons. The number of fused-ring (bicyclic) bond motifs is 1. The molecule has 11 heteroatoms. The number of hydrogen-bond donors (Lipinski definition) is 3. The Morgan fingerprint density at radius 2 is 1.69 bits per heavy atom. The van der Waals surface area contributed by atoms with Crippen LogP contribution < -0.4 is 20.9 Å². The third-order valence-electron chi connectivity index (χ3n) is 4.85. The summed E-state index contributed by atoms with van der Waals surface area (Å²) in [6.07, 6.45) is 0. The second-order valence-corrected chi connectivity index (χ2v) is 7.57. The number of nitrogens with zero attached hydrogens (tertiary/aromatic N) is 1. The minimum Gasteiger partial charge on any atom is -0.483 e. The molecule has 0 saturated carbocycles. The molecule has 3 aromatic carbocycles. The van der Waals surface area contributed by atoms with Crippen molar-refractivity contribution in [3.63, 3.8) is 0 Å². The number of thiocarbonyl (C=S) groups is 1. The lowest BCUT2D eigenvalue weighted by Crippen LogP contribution is -2.49. The van der Waals surface area contributed by atoms with E-state index in [0.717, 1.165) is 10.8 Å². The van der Waals surface area contributed by atoms with Gasteiger partial charge in [-0.2, -0.15) is 0 Å². The monoisotopic (exact) mass is 490 g/mol. The number of carbonyl (C=O) groups excluding carboxylic acids is 2. The number of benzene rings is 3. The van der Waals surface area contributed by atoms with E-state index >= 15 is 0 Å². The number of furan rings is 1. The Morgan fingerprint density at radius 3 is 2.51 bits per heavy atom. The molecule has 0 fully saturated rings. The van der Waals surface area contributed by atoms with E-state index < -0.39 is 16.7 Å². The third kappa shape index (κ3) is 5.60. The van der Waals surface area contributed by atoms with Crippen LogP contribution in [0.15, 0.2) is 83.3 Å². The van der Waals surface area contributed by atoms with Gasteiger partial charge in [-0.1, -0.05) is 48.5 Å². The van der Waals surface area contributed by atoms with E-state index in [-0.39, 0.29) is 34.5 Å². The van der Waals surface area contributed by atoms with E-state index in [1.165, 1.54) is 30.3 Å². The molecular weight excluding hydrogens is 472 g/mol. The second-order valence-electron chi connectivity index (χ2n) is 7.16. The van der Waals surface area contributed by atoms with Gasteiger partial charge in [0.1, 0.15) is 11.5 Å². The van der Waals surface area contributed by atoms with E-state index in [1.807, 2.05) is 36.4 Å². The van der Waals surface area contributed by atoms with Crippen LogP contribution in [0, 0.1) is 10.1 Å². The highest BCUT2D eigenvalue weighted by Gasteiger charge is 2.19. The Balaban J connectivity index is 1.29. The minimum atomic E-state index is -0.700. The second kappa shape index (κ2) is 10.4. The highest BCUT2D eigenvalue weighted by atomic mass is 32.1. The van der Waals surface area contributed by atoms with Gasteiger partial charge in [0.05, 0.1) is 10.5 Å².